The van der Waals surface area contributed by atoms with Crippen molar-refractivity contribution in [2.45, 2.75) is 33.1 Å². The molecular formula is C39H36N2O7. The third-order valence-corrected chi connectivity index (χ3v) is 8.74. The maximum Gasteiger partial charge on any atom is 0.339 e. The van der Waals surface area contributed by atoms with E-state index in [0.717, 1.165) is 46.6 Å². The molecule has 0 aliphatic heterocycles. The Hall–Kier alpha value is -5.70. The summed E-state index contributed by atoms with van der Waals surface area (Å²) in [6.45, 7) is 3.33. The molecule has 0 atom stereocenters. The van der Waals surface area contributed by atoms with Gasteiger partial charge in [-0.2, -0.15) is 0 Å². The zero-order chi connectivity index (χ0) is 33.9. The van der Waals surface area contributed by atoms with Gasteiger partial charge in [-0.1, -0.05) is 24.3 Å². The fourth-order valence-corrected chi connectivity index (χ4v) is 6.44. The molecule has 1 aliphatic carbocycles. The van der Waals surface area contributed by atoms with Crippen LogP contribution in [-0.4, -0.2) is 55.2 Å². The molecule has 3 aromatic carbocycles. The Labute approximate surface area is 278 Å². The van der Waals surface area contributed by atoms with E-state index in [-0.39, 0.29) is 5.78 Å². The number of esters is 2. The van der Waals surface area contributed by atoms with Gasteiger partial charge in [0, 0.05) is 28.0 Å². The Kier molecular flexibility index (Phi) is 9.12. The number of Topliss-reactive ketones (excluding diaryl/α,β-unsaturated/α-hetero) is 1. The lowest BCUT2D eigenvalue weighted by atomic mass is 9.86. The van der Waals surface area contributed by atoms with Crippen LogP contribution in [0.1, 0.15) is 72.1 Å². The number of pyridine rings is 1. The molecule has 0 spiro atoms. The van der Waals surface area contributed by atoms with Crippen LogP contribution in [0.25, 0.3) is 28.2 Å². The van der Waals surface area contributed by atoms with Crippen molar-refractivity contribution >= 4 is 40.3 Å². The van der Waals surface area contributed by atoms with Crippen LogP contribution in [0.4, 0.5) is 0 Å². The smallest absolute Gasteiger partial charge is 0.339 e. The summed E-state index contributed by atoms with van der Waals surface area (Å²) in [5, 5.41) is 0.689. The molecule has 0 N–H and O–H groups in total. The predicted molar refractivity (Wildman–Crippen MR) is 183 cm³/mol. The number of nitrogens with zero attached hydrogens (tertiary/aromatic N) is 2. The lowest BCUT2D eigenvalue weighted by Gasteiger charge is -2.22. The van der Waals surface area contributed by atoms with Gasteiger partial charge in [0.05, 0.1) is 43.7 Å². The highest BCUT2D eigenvalue weighted by atomic mass is 16.5. The molecule has 2 aromatic heterocycles. The van der Waals surface area contributed by atoms with Gasteiger partial charge in [-0.15, -0.1) is 0 Å². The van der Waals surface area contributed by atoms with E-state index in [9.17, 15) is 14.4 Å². The molecule has 0 unspecified atom stereocenters. The molecule has 0 amide bonds. The number of rotatable bonds is 9. The van der Waals surface area contributed by atoms with Gasteiger partial charge >= 0.3 is 11.9 Å². The predicted octanol–water partition coefficient (Wildman–Crippen LogP) is 7.36. The highest BCUT2D eigenvalue weighted by molar-refractivity contribution is 6.08. The van der Waals surface area contributed by atoms with Crippen LogP contribution >= 0.6 is 0 Å². The third-order valence-electron chi connectivity index (χ3n) is 8.74. The van der Waals surface area contributed by atoms with Gasteiger partial charge in [0.25, 0.3) is 0 Å². The number of hydrogen-bond acceptors (Lipinski definition) is 8. The van der Waals surface area contributed by atoms with Crippen LogP contribution in [0.5, 0.6) is 11.5 Å². The Morgan fingerprint density at radius 1 is 0.854 bits per heavy atom. The van der Waals surface area contributed by atoms with Crippen molar-refractivity contribution in [1.29, 1.82) is 0 Å². The fourth-order valence-electron chi connectivity index (χ4n) is 6.44. The molecule has 0 saturated carbocycles. The normalized spacial score (nSPS) is 13.2. The average Bonchev–Trinajstić information content (AvgIpc) is 3.42. The SMILES string of the molecule is COC(=O)c1ccc(-n2c(C)cc(C(=O)COC(=O)c3c4c(nc5ccccc35)/C(=C\c3ccc(OC)c(OC)c3)CCC4)c2C)cc1. The van der Waals surface area contributed by atoms with E-state index in [4.69, 9.17) is 23.9 Å². The summed E-state index contributed by atoms with van der Waals surface area (Å²) < 4.78 is 23.4. The molecular weight excluding hydrogens is 608 g/mol. The van der Waals surface area contributed by atoms with E-state index < -0.39 is 18.5 Å². The van der Waals surface area contributed by atoms with Gasteiger partial charge in [0.15, 0.2) is 18.1 Å². The fraction of sp³-hybridized carbons (Fsp3) is 0.231. The second-order valence-corrected chi connectivity index (χ2v) is 11.6. The summed E-state index contributed by atoms with van der Waals surface area (Å²) >= 11 is 0. The molecule has 1 aliphatic rings. The van der Waals surface area contributed by atoms with Crippen molar-refractivity contribution in [2.24, 2.45) is 0 Å². The number of methoxy groups -OCH3 is 3. The van der Waals surface area contributed by atoms with Gasteiger partial charge < -0.3 is 23.5 Å². The second-order valence-electron chi connectivity index (χ2n) is 11.6. The second kappa shape index (κ2) is 13.6. The largest absolute Gasteiger partial charge is 0.493 e. The van der Waals surface area contributed by atoms with Gasteiger partial charge in [-0.25, -0.2) is 14.6 Å². The molecule has 5 aromatic rings. The zero-order valence-corrected chi connectivity index (χ0v) is 27.6. The van der Waals surface area contributed by atoms with Gasteiger partial charge in [-0.05, 0) is 104 Å². The quantitative estimate of drug-likeness (QED) is 0.121. The van der Waals surface area contributed by atoms with Crippen molar-refractivity contribution in [1.82, 2.24) is 9.55 Å². The number of allylic oxidation sites excluding steroid dienone is 1. The van der Waals surface area contributed by atoms with E-state index in [0.29, 0.717) is 51.2 Å². The van der Waals surface area contributed by atoms with Crippen LogP contribution in [-0.2, 0) is 15.9 Å². The molecule has 2 heterocycles. The standard InChI is InChI=1S/C39H36N2O7/c1-23-19-31(24(2)41(23)28-16-14-26(15-17-28)38(43)47-5)33(42)22-48-39(44)36-29-10-6-7-12-32(29)40-37-27(9-8-11-30(36)37)20-25-13-18-34(45-3)35(21-25)46-4/h6-7,10,12-21H,8-9,11,22H2,1-5H3/b27-20-. The van der Waals surface area contributed by atoms with Crippen molar-refractivity contribution in [3.8, 4) is 17.2 Å². The van der Waals surface area contributed by atoms with Gasteiger partial charge in [0.2, 0.25) is 5.78 Å². The number of aromatic nitrogens is 2. The van der Waals surface area contributed by atoms with Crippen LogP contribution in [0.3, 0.4) is 0 Å². The summed E-state index contributed by atoms with van der Waals surface area (Å²) in [4.78, 5) is 44.2. The highest BCUT2D eigenvalue weighted by Crippen LogP contribution is 2.37. The summed E-state index contributed by atoms with van der Waals surface area (Å²) in [5.41, 5.74) is 7.85. The van der Waals surface area contributed by atoms with E-state index in [2.05, 4.69) is 6.08 Å². The number of aryl methyl sites for hydroxylation is 1. The number of para-hydroxylation sites is 1. The minimum atomic E-state index is -0.558. The van der Waals surface area contributed by atoms with E-state index in [1.54, 1.807) is 44.6 Å². The topological polar surface area (TPSA) is 106 Å². The first-order chi connectivity index (χ1) is 23.2. The molecule has 0 fully saturated rings. The molecule has 0 bridgehead atoms. The Balaban J connectivity index is 1.29. The monoisotopic (exact) mass is 644 g/mol. The van der Waals surface area contributed by atoms with Crippen LogP contribution in [0.2, 0.25) is 0 Å². The summed E-state index contributed by atoms with van der Waals surface area (Å²) in [6, 6.07) is 22.0. The molecule has 9 heteroatoms. The van der Waals surface area contributed by atoms with Crippen LogP contribution in [0.15, 0.2) is 72.8 Å². The lowest BCUT2D eigenvalue weighted by Crippen LogP contribution is -2.19. The number of fused-ring (bicyclic) bond motifs is 2. The Morgan fingerprint density at radius 3 is 2.33 bits per heavy atom. The Bertz CT molecular complexity index is 2090. The number of benzene rings is 3. The van der Waals surface area contributed by atoms with E-state index in [1.807, 2.05) is 60.9 Å². The maximum absolute atomic E-state index is 13.9. The summed E-state index contributed by atoms with van der Waals surface area (Å²) in [7, 11) is 4.54. The number of carbonyl (C=O) groups is 3. The minimum Gasteiger partial charge on any atom is -0.493 e. The summed E-state index contributed by atoms with van der Waals surface area (Å²) in [6.07, 6.45) is 4.35. The molecule has 48 heavy (non-hydrogen) atoms. The van der Waals surface area contributed by atoms with Crippen molar-refractivity contribution < 1.29 is 33.3 Å². The van der Waals surface area contributed by atoms with Gasteiger partial charge in [0.1, 0.15) is 0 Å². The molecule has 244 valence electrons. The van der Waals surface area contributed by atoms with Crippen molar-refractivity contribution in [3.05, 3.63) is 118 Å². The number of carbonyl (C=O) groups excluding carboxylic acids is 3. The maximum atomic E-state index is 13.9. The first-order valence-electron chi connectivity index (χ1n) is 15.7. The van der Waals surface area contributed by atoms with Crippen molar-refractivity contribution in [2.75, 3.05) is 27.9 Å². The van der Waals surface area contributed by atoms with Crippen molar-refractivity contribution in [3.63, 3.8) is 0 Å². The lowest BCUT2D eigenvalue weighted by molar-refractivity contribution is 0.0475. The number of hydrogen-bond donors (Lipinski definition) is 0. The molecule has 6 rings (SSSR count). The number of ether oxygens (including phenoxy) is 4. The molecule has 0 radical (unpaired) electrons. The zero-order valence-electron chi connectivity index (χ0n) is 27.6. The Morgan fingerprint density at radius 2 is 1.60 bits per heavy atom. The third kappa shape index (κ3) is 6.07. The van der Waals surface area contributed by atoms with Crippen LogP contribution in [0, 0.1) is 13.8 Å². The molecule has 0 saturated heterocycles. The first kappa shape index (κ1) is 32.2. The van der Waals surface area contributed by atoms with Gasteiger partial charge in [-0.3, -0.25) is 4.79 Å². The average molecular weight is 645 g/mol. The summed E-state index contributed by atoms with van der Waals surface area (Å²) in [5.74, 6) is -0.0226. The van der Waals surface area contributed by atoms with Crippen LogP contribution < -0.4 is 9.47 Å². The number of ketones is 1. The van der Waals surface area contributed by atoms with E-state index >= 15 is 0 Å². The van der Waals surface area contributed by atoms with E-state index in [1.165, 1.54) is 7.11 Å². The highest BCUT2D eigenvalue weighted by Gasteiger charge is 2.27. The molecule has 9 nitrogen and oxygen atoms in total. The first-order valence-corrected chi connectivity index (χ1v) is 15.7. The minimum absolute atomic E-state index is 0.310.